The van der Waals surface area contributed by atoms with Crippen LogP contribution in [0, 0.1) is 0 Å². The summed E-state index contributed by atoms with van der Waals surface area (Å²) in [6.45, 7) is 0.469. The molecule has 2 aromatic heterocycles. The Balaban J connectivity index is 1.28. The third-order valence-corrected chi connectivity index (χ3v) is 7.31. The molecule has 0 saturated carbocycles. The molecule has 7 heteroatoms. The second kappa shape index (κ2) is 10.5. The first-order valence-corrected chi connectivity index (χ1v) is 13.1. The third-order valence-electron chi connectivity index (χ3n) is 6.96. The molecule has 2 N–H and O–H groups in total. The van der Waals surface area contributed by atoms with E-state index in [-0.39, 0.29) is 18.0 Å². The lowest BCUT2D eigenvalue weighted by Crippen LogP contribution is -2.33. The van der Waals surface area contributed by atoms with E-state index < -0.39 is 0 Å². The van der Waals surface area contributed by atoms with Crippen LogP contribution >= 0.6 is 12.2 Å². The van der Waals surface area contributed by atoms with E-state index in [4.69, 9.17) is 12.2 Å². The zero-order valence-corrected chi connectivity index (χ0v) is 21.5. The molecule has 0 unspecified atom stereocenters. The molecule has 3 aromatic carbocycles. The van der Waals surface area contributed by atoms with E-state index in [1.807, 2.05) is 84.9 Å². The van der Waals surface area contributed by atoms with Crippen LogP contribution < -0.4 is 10.6 Å². The monoisotopic (exact) mass is 517 g/mol. The number of thiocarbonyl (C=S) groups is 1. The number of anilines is 1. The van der Waals surface area contributed by atoms with Crippen LogP contribution in [0.4, 0.5) is 5.69 Å². The highest BCUT2D eigenvalue weighted by Crippen LogP contribution is 2.39. The molecule has 1 saturated heterocycles. The zero-order valence-electron chi connectivity index (χ0n) is 20.7. The van der Waals surface area contributed by atoms with Gasteiger partial charge in [0.1, 0.15) is 0 Å². The number of aromatic nitrogens is 2. The van der Waals surface area contributed by atoms with Crippen molar-refractivity contribution in [3.05, 3.63) is 127 Å². The standard InChI is InChI=1S/C31H27N5OS/c37-28(33-25-16-8-11-22-10-4-5-14-24(22)25)18-21-36-30(29(34-31(36)38)26-15-6-7-19-32-26)27-17-9-20-35(27)23-12-2-1-3-13-23/h1-17,19-20,29-30H,18,21H2,(H,33,37)(H,34,38)/t29-,30-/m0/s1. The summed E-state index contributed by atoms with van der Waals surface area (Å²) in [5, 5.41) is 9.32. The van der Waals surface area contributed by atoms with E-state index in [1.54, 1.807) is 6.20 Å². The first kappa shape index (κ1) is 23.9. The van der Waals surface area contributed by atoms with Crippen molar-refractivity contribution in [3.8, 4) is 5.69 Å². The average Bonchev–Trinajstić information content (AvgIpc) is 3.57. The minimum Gasteiger partial charge on any atom is -0.352 e. The van der Waals surface area contributed by atoms with Gasteiger partial charge in [-0.05, 0) is 60.1 Å². The summed E-state index contributed by atoms with van der Waals surface area (Å²) in [5.41, 5.74) is 3.87. The molecule has 1 aliphatic rings. The molecule has 0 bridgehead atoms. The number of para-hydroxylation sites is 1. The lowest BCUT2D eigenvalue weighted by molar-refractivity contribution is -0.116. The molecule has 0 radical (unpaired) electrons. The van der Waals surface area contributed by atoms with Gasteiger partial charge in [0.15, 0.2) is 5.11 Å². The van der Waals surface area contributed by atoms with Crippen molar-refractivity contribution < 1.29 is 4.79 Å². The summed E-state index contributed by atoms with van der Waals surface area (Å²) >= 11 is 5.82. The fourth-order valence-corrected chi connectivity index (χ4v) is 5.53. The number of benzene rings is 3. The number of hydrogen-bond donors (Lipinski definition) is 2. The van der Waals surface area contributed by atoms with E-state index in [0.29, 0.717) is 18.1 Å². The van der Waals surface area contributed by atoms with Gasteiger partial charge in [0.05, 0.1) is 17.8 Å². The number of carbonyl (C=O) groups excluding carboxylic acids is 1. The van der Waals surface area contributed by atoms with Gasteiger partial charge in [-0.15, -0.1) is 0 Å². The zero-order chi connectivity index (χ0) is 25.9. The summed E-state index contributed by atoms with van der Waals surface area (Å²) in [4.78, 5) is 19.9. The number of amides is 1. The second-order valence-electron chi connectivity index (χ2n) is 9.28. The van der Waals surface area contributed by atoms with Gasteiger partial charge in [0.25, 0.3) is 0 Å². The number of carbonyl (C=O) groups is 1. The highest BCUT2D eigenvalue weighted by molar-refractivity contribution is 7.80. The molecule has 1 aliphatic heterocycles. The fourth-order valence-electron chi connectivity index (χ4n) is 5.20. The molecule has 0 spiro atoms. The van der Waals surface area contributed by atoms with Gasteiger partial charge in [0.2, 0.25) is 5.91 Å². The molecular formula is C31H27N5OS. The van der Waals surface area contributed by atoms with Gasteiger partial charge in [0, 0.05) is 47.8 Å². The quantitative estimate of drug-likeness (QED) is 0.258. The average molecular weight is 518 g/mol. The van der Waals surface area contributed by atoms with Crippen molar-refractivity contribution >= 4 is 39.7 Å². The maximum absolute atomic E-state index is 13.1. The summed E-state index contributed by atoms with van der Waals surface area (Å²) < 4.78 is 2.18. The van der Waals surface area contributed by atoms with Crippen LogP contribution in [0.25, 0.3) is 16.5 Å². The van der Waals surface area contributed by atoms with Gasteiger partial charge in [-0.25, -0.2) is 0 Å². The van der Waals surface area contributed by atoms with Crippen LogP contribution in [-0.2, 0) is 4.79 Å². The van der Waals surface area contributed by atoms with Crippen LogP contribution in [0.1, 0.15) is 29.9 Å². The van der Waals surface area contributed by atoms with Gasteiger partial charge in [-0.3, -0.25) is 9.78 Å². The maximum atomic E-state index is 13.1. The molecule has 2 atom stereocenters. The molecule has 6 rings (SSSR count). The van der Waals surface area contributed by atoms with E-state index in [0.717, 1.165) is 33.5 Å². The van der Waals surface area contributed by atoms with Crippen LogP contribution in [0.3, 0.4) is 0 Å². The summed E-state index contributed by atoms with van der Waals surface area (Å²) in [6.07, 6.45) is 4.16. The van der Waals surface area contributed by atoms with Crippen molar-refractivity contribution in [3.63, 3.8) is 0 Å². The van der Waals surface area contributed by atoms with Crippen molar-refractivity contribution in [1.82, 2.24) is 19.8 Å². The lowest BCUT2D eigenvalue weighted by Gasteiger charge is -2.29. The smallest absolute Gasteiger partial charge is 0.226 e. The highest BCUT2D eigenvalue weighted by Gasteiger charge is 2.41. The van der Waals surface area contributed by atoms with Crippen LogP contribution in [0.15, 0.2) is 116 Å². The van der Waals surface area contributed by atoms with Crippen LogP contribution in [-0.4, -0.2) is 32.0 Å². The first-order chi connectivity index (χ1) is 18.7. The van der Waals surface area contributed by atoms with Gasteiger partial charge >= 0.3 is 0 Å². The van der Waals surface area contributed by atoms with E-state index in [2.05, 4.69) is 49.5 Å². The first-order valence-electron chi connectivity index (χ1n) is 12.7. The molecular weight excluding hydrogens is 490 g/mol. The normalized spacial score (nSPS) is 16.9. The van der Waals surface area contributed by atoms with Crippen LogP contribution in [0.5, 0.6) is 0 Å². The summed E-state index contributed by atoms with van der Waals surface area (Å²) in [6, 6.07) is 34.0. The SMILES string of the molecule is O=C(CCN1C(=S)N[C@@H](c2ccccn2)[C@@H]1c1cccn1-c1ccccc1)Nc1cccc2ccccc12. The number of fused-ring (bicyclic) bond motifs is 1. The molecule has 1 fully saturated rings. The molecule has 3 heterocycles. The Kier molecular flexibility index (Phi) is 6.58. The number of nitrogens with zero attached hydrogens (tertiary/aromatic N) is 3. The van der Waals surface area contributed by atoms with Crippen LogP contribution in [0.2, 0.25) is 0 Å². The second-order valence-corrected chi connectivity index (χ2v) is 9.67. The molecule has 0 aliphatic carbocycles. The Morgan fingerprint density at radius 3 is 2.53 bits per heavy atom. The number of nitrogens with one attached hydrogen (secondary N) is 2. The predicted octanol–water partition coefficient (Wildman–Crippen LogP) is 6.03. The molecule has 5 aromatic rings. The molecule has 6 nitrogen and oxygen atoms in total. The van der Waals surface area contributed by atoms with Gasteiger partial charge in [-0.2, -0.15) is 0 Å². The van der Waals surface area contributed by atoms with Crippen molar-refractivity contribution in [2.75, 3.05) is 11.9 Å². The van der Waals surface area contributed by atoms with Crippen molar-refractivity contribution in [2.45, 2.75) is 18.5 Å². The third kappa shape index (κ3) is 4.64. The minimum absolute atomic E-state index is 0.0531. The fraction of sp³-hybridized carbons (Fsp3) is 0.129. The van der Waals surface area contributed by atoms with Gasteiger partial charge in [-0.1, -0.05) is 60.7 Å². The van der Waals surface area contributed by atoms with E-state index in [9.17, 15) is 4.79 Å². The van der Waals surface area contributed by atoms with Crippen molar-refractivity contribution in [2.24, 2.45) is 0 Å². The summed E-state index contributed by atoms with van der Waals surface area (Å²) in [7, 11) is 0. The largest absolute Gasteiger partial charge is 0.352 e. The Labute approximate surface area is 226 Å². The Morgan fingerprint density at radius 2 is 1.68 bits per heavy atom. The Morgan fingerprint density at radius 1 is 0.895 bits per heavy atom. The minimum atomic E-state index is -0.151. The number of pyridine rings is 1. The number of hydrogen-bond acceptors (Lipinski definition) is 3. The topological polar surface area (TPSA) is 62.2 Å². The van der Waals surface area contributed by atoms with Crippen molar-refractivity contribution in [1.29, 1.82) is 0 Å². The molecule has 38 heavy (non-hydrogen) atoms. The highest BCUT2D eigenvalue weighted by atomic mass is 32.1. The maximum Gasteiger partial charge on any atom is 0.226 e. The van der Waals surface area contributed by atoms with Gasteiger partial charge < -0.3 is 20.1 Å². The Hall–Kier alpha value is -4.49. The predicted molar refractivity (Wildman–Crippen MR) is 155 cm³/mol. The lowest BCUT2D eigenvalue weighted by atomic mass is 10.0. The number of rotatable bonds is 7. The summed E-state index contributed by atoms with van der Waals surface area (Å²) in [5.74, 6) is -0.0531. The molecule has 1 amide bonds. The molecule has 188 valence electrons. The Bertz CT molecular complexity index is 1580. The van der Waals surface area contributed by atoms with E-state index >= 15 is 0 Å². The van der Waals surface area contributed by atoms with E-state index in [1.165, 1.54) is 0 Å².